The summed E-state index contributed by atoms with van der Waals surface area (Å²) < 4.78 is 8.26. The molecular weight excluding hydrogens is 391 g/mol. The molecule has 1 saturated carbocycles. The van der Waals surface area contributed by atoms with Crippen LogP contribution < -0.4 is 4.74 Å². The van der Waals surface area contributed by atoms with Gasteiger partial charge in [0.05, 0.1) is 22.8 Å². The summed E-state index contributed by atoms with van der Waals surface area (Å²) in [7, 11) is 2.01. The van der Waals surface area contributed by atoms with Crippen molar-refractivity contribution in [1.29, 1.82) is 5.26 Å². The number of hydrogen-bond acceptors (Lipinski definition) is 2. The first-order valence-electron chi connectivity index (χ1n) is 9.60. The van der Waals surface area contributed by atoms with Crippen LogP contribution in [0.5, 0.6) is 5.75 Å². The van der Waals surface area contributed by atoms with Crippen LogP contribution >= 0.6 is 23.2 Å². The summed E-state index contributed by atoms with van der Waals surface area (Å²) in [6, 6.07) is 12.0. The maximum Gasteiger partial charge on any atom is 0.138 e. The Morgan fingerprint density at radius 2 is 1.93 bits per heavy atom. The predicted octanol–water partition coefficient (Wildman–Crippen LogP) is 6.58. The number of rotatable bonds is 4. The number of aromatic nitrogens is 1. The van der Waals surface area contributed by atoms with Gasteiger partial charge in [-0.05, 0) is 74.1 Å². The van der Waals surface area contributed by atoms with E-state index < -0.39 is 0 Å². The molecule has 28 heavy (non-hydrogen) atoms. The summed E-state index contributed by atoms with van der Waals surface area (Å²) in [6.45, 7) is 2.03. The molecule has 0 radical (unpaired) electrons. The van der Waals surface area contributed by atoms with Crippen LogP contribution in [0.15, 0.2) is 30.3 Å². The molecule has 3 nitrogen and oxygen atoms in total. The van der Waals surface area contributed by atoms with Gasteiger partial charge < -0.3 is 9.30 Å². The van der Waals surface area contributed by atoms with E-state index in [4.69, 9.17) is 27.9 Å². The van der Waals surface area contributed by atoms with Crippen LogP contribution in [0.2, 0.25) is 10.0 Å². The van der Waals surface area contributed by atoms with E-state index in [1.807, 2.05) is 38.2 Å². The van der Waals surface area contributed by atoms with E-state index in [-0.39, 0.29) is 6.10 Å². The Morgan fingerprint density at radius 3 is 2.64 bits per heavy atom. The molecule has 0 N–H and O–H groups in total. The van der Waals surface area contributed by atoms with Crippen LogP contribution in [0.1, 0.15) is 48.1 Å². The smallest absolute Gasteiger partial charge is 0.138 e. The van der Waals surface area contributed by atoms with Crippen LogP contribution in [-0.2, 0) is 13.5 Å². The molecule has 1 aliphatic rings. The minimum absolute atomic E-state index is 0.246. The maximum atomic E-state index is 9.27. The lowest BCUT2D eigenvalue weighted by Gasteiger charge is -2.17. The Hall–Kier alpha value is -2.15. The first kappa shape index (κ1) is 19.2. The highest BCUT2D eigenvalue weighted by atomic mass is 35.5. The van der Waals surface area contributed by atoms with Crippen molar-refractivity contribution in [1.82, 2.24) is 4.57 Å². The molecule has 0 amide bonds. The molecule has 0 saturated heterocycles. The Bertz CT molecular complexity index is 1090. The molecule has 0 bridgehead atoms. The molecule has 4 rings (SSSR count). The molecule has 144 valence electrons. The van der Waals surface area contributed by atoms with Gasteiger partial charge >= 0.3 is 0 Å². The van der Waals surface area contributed by atoms with Crippen molar-refractivity contribution < 1.29 is 4.74 Å². The monoisotopic (exact) mass is 412 g/mol. The number of benzene rings is 2. The number of aryl methyl sites for hydroxylation is 2. The van der Waals surface area contributed by atoms with Crippen molar-refractivity contribution in [3.05, 3.63) is 62.8 Å². The van der Waals surface area contributed by atoms with Gasteiger partial charge in [-0.3, -0.25) is 0 Å². The minimum atomic E-state index is 0.246. The van der Waals surface area contributed by atoms with Gasteiger partial charge in [0.25, 0.3) is 0 Å². The predicted molar refractivity (Wildman–Crippen MR) is 115 cm³/mol. The number of ether oxygens (including phenoxy) is 1. The number of nitriles is 1. The van der Waals surface area contributed by atoms with Crippen LogP contribution in [0.25, 0.3) is 10.9 Å². The molecular formula is C23H22Cl2N2O. The summed E-state index contributed by atoms with van der Waals surface area (Å²) in [5.74, 6) is 0.717. The number of fused-ring (bicyclic) bond motifs is 1. The van der Waals surface area contributed by atoms with E-state index in [1.165, 1.54) is 12.8 Å². The summed E-state index contributed by atoms with van der Waals surface area (Å²) >= 11 is 13.2. The third kappa shape index (κ3) is 3.48. The Morgan fingerprint density at radius 1 is 1.18 bits per heavy atom. The Balaban J connectivity index is 1.72. The third-order valence-electron chi connectivity index (χ3n) is 5.70. The molecule has 1 fully saturated rings. The molecule has 0 spiro atoms. The fraction of sp³-hybridized carbons (Fsp3) is 0.348. The summed E-state index contributed by atoms with van der Waals surface area (Å²) in [6.07, 6.45) is 5.43. The highest BCUT2D eigenvalue weighted by Crippen LogP contribution is 2.37. The number of hydrogen-bond donors (Lipinski definition) is 0. The van der Waals surface area contributed by atoms with Crippen molar-refractivity contribution in [3.8, 4) is 11.8 Å². The summed E-state index contributed by atoms with van der Waals surface area (Å²) in [4.78, 5) is 0. The molecule has 1 heterocycles. The van der Waals surface area contributed by atoms with Gasteiger partial charge in [0, 0.05) is 35.1 Å². The fourth-order valence-corrected chi connectivity index (χ4v) is 4.64. The van der Waals surface area contributed by atoms with E-state index in [0.29, 0.717) is 22.0 Å². The minimum Gasteiger partial charge on any atom is -0.489 e. The fourth-order valence-electron chi connectivity index (χ4n) is 4.09. The van der Waals surface area contributed by atoms with Gasteiger partial charge in [-0.25, -0.2) is 0 Å². The molecule has 5 heteroatoms. The highest BCUT2D eigenvalue weighted by molar-refractivity contribution is 6.37. The first-order valence-corrected chi connectivity index (χ1v) is 10.4. The molecule has 0 aliphatic heterocycles. The van der Waals surface area contributed by atoms with E-state index >= 15 is 0 Å². The zero-order valence-corrected chi connectivity index (χ0v) is 17.6. The average molecular weight is 413 g/mol. The molecule has 1 aliphatic carbocycles. The SMILES string of the molecule is Cc1cc(C#N)cc2c1cc(Cc1c(Cl)ccc(OC3CCCC3)c1Cl)n2C. The maximum absolute atomic E-state index is 9.27. The van der Waals surface area contributed by atoms with Gasteiger partial charge in [0.2, 0.25) is 0 Å². The van der Waals surface area contributed by atoms with Gasteiger partial charge in [-0.1, -0.05) is 23.2 Å². The summed E-state index contributed by atoms with van der Waals surface area (Å²) in [5, 5.41) is 11.6. The highest BCUT2D eigenvalue weighted by Gasteiger charge is 2.20. The standard InChI is InChI=1S/C23H22Cl2N2O/c1-14-9-15(13-26)10-21-18(14)11-16(27(21)2)12-19-20(24)7-8-22(23(19)25)28-17-5-3-4-6-17/h7-11,17H,3-6,12H2,1-2H3. The van der Waals surface area contributed by atoms with Crippen molar-refractivity contribution in [2.75, 3.05) is 0 Å². The molecule has 1 aromatic heterocycles. The van der Waals surface area contributed by atoms with E-state index in [0.717, 1.165) is 46.3 Å². The van der Waals surface area contributed by atoms with Crippen LogP contribution in [0, 0.1) is 18.3 Å². The zero-order valence-electron chi connectivity index (χ0n) is 16.1. The van der Waals surface area contributed by atoms with Gasteiger partial charge in [-0.15, -0.1) is 0 Å². The van der Waals surface area contributed by atoms with Gasteiger partial charge in [-0.2, -0.15) is 5.26 Å². The largest absolute Gasteiger partial charge is 0.489 e. The van der Waals surface area contributed by atoms with E-state index in [1.54, 1.807) is 0 Å². The lowest BCUT2D eigenvalue weighted by Crippen LogP contribution is -2.11. The summed E-state index contributed by atoms with van der Waals surface area (Å²) in [5.41, 5.74) is 4.77. The third-order valence-corrected chi connectivity index (χ3v) is 6.47. The Labute approximate surface area is 175 Å². The van der Waals surface area contributed by atoms with Crippen molar-refractivity contribution in [2.45, 2.75) is 45.1 Å². The van der Waals surface area contributed by atoms with Crippen molar-refractivity contribution in [2.24, 2.45) is 7.05 Å². The van der Waals surface area contributed by atoms with Crippen molar-refractivity contribution in [3.63, 3.8) is 0 Å². The molecule has 0 atom stereocenters. The second-order valence-corrected chi connectivity index (χ2v) is 8.36. The van der Waals surface area contributed by atoms with E-state index in [2.05, 4.69) is 16.7 Å². The number of nitrogens with zero attached hydrogens (tertiary/aromatic N) is 2. The van der Waals surface area contributed by atoms with Gasteiger partial charge in [0.15, 0.2) is 0 Å². The normalized spacial score (nSPS) is 14.5. The lowest BCUT2D eigenvalue weighted by atomic mass is 10.1. The van der Waals surface area contributed by atoms with Crippen molar-refractivity contribution >= 4 is 34.1 Å². The Kier molecular flexibility index (Phi) is 5.27. The van der Waals surface area contributed by atoms with Crippen LogP contribution in [0.3, 0.4) is 0 Å². The molecule has 2 aromatic carbocycles. The van der Waals surface area contributed by atoms with Crippen LogP contribution in [0.4, 0.5) is 0 Å². The zero-order chi connectivity index (χ0) is 19.8. The average Bonchev–Trinajstić information content (AvgIpc) is 3.30. The van der Waals surface area contributed by atoms with Gasteiger partial charge in [0.1, 0.15) is 5.75 Å². The lowest BCUT2D eigenvalue weighted by molar-refractivity contribution is 0.210. The molecule has 0 unspecified atom stereocenters. The second kappa shape index (κ2) is 7.70. The topological polar surface area (TPSA) is 37.9 Å². The van der Waals surface area contributed by atoms with Crippen LogP contribution in [-0.4, -0.2) is 10.7 Å². The number of halogens is 2. The molecule has 3 aromatic rings. The first-order chi connectivity index (χ1) is 13.5. The second-order valence-electron chi connectivity index (χ2n) is 7.57. The quantitative estimate of drug-likeness (QED) is 0.485. The van der Waals surface area contributed by atoms with E-state index in [9.17, 15) is 5.26 Å².